The smallest absolute Gasteiger partial charge is 0.238 e. The van der Waals surface area contributed by atoms with Crippen molar-refractivity contribution in [2.75, 3.05) is 11.9 Å². The number of carbonyl (C=O) groups excluding carboxylic acids is 1. The number of anilines is 1. The minimum atomic E-state index is -0.742. The summed E-state index contributed by atoms with van der Waals surface area (Å²) in [6.45, 7) is 0.184. The van der Waals surface area contributed by atoms with Crippen LogP contribution in [0.2, 0.25) is 0 Å². The molecule has 124 valence electrons. The molecule has 0 aliphatic heterocycles. The van der Waals surface area contributed by atoms with Gasteiger partial charge in [0.15, 0.2) is 0 Å². The number of benzene rings is 1. The molecule has 0 spiro atoms. The van der Waals surface area contributed by atoms with Gasteiger partial charge in [0, 0.05) is 11.6 Å². The molecule has 0 aromatic heterocycles. The van der Waals surface area contributed by atoms with Crippen LogP contribution in [-0.2, 0) is 4.79 Å². The van der Waals surface area contributed by atoms with E-state index in [0.29, 0.717) is 0 Å². The fourth-order valence-corrected chi connectivity index (χ4v) is 5.38. The van der Waals surface area contributed by atoms with Crippen molar-refractivity contribution in [3.05, 3.63) is 29.8 Å². The molecule has 0 radical (unpaired) electrons. The van der Waals surface area contributed by atoms with Crippen LogP contribution in [0.1, 0.15) is 38.5 Å². The van der Waals surface area contributed by atoms with Gasteiger partial charge >= 0.3 is 0 Å². The van der Waals surface area contributed by atoms with Crippen molar-refractivity contribution >= 4 is 11.6 Å². The Morgan fingerprint density at radius 3 is 2.26 bits per heavy atom. The van der Waals surface area contributed by atoms with E-state index >= 15 is 0 Å². The van der Waals surface area contributed by atoms with E-state index in [1.165, 1.54) is 25.3 Å². The van der Waals surface area contributed by atoms with E-state index in [2.05, 4.69) is 10.6 Å². The molecular weight excluding hydrogens is 298 g/mol. The summed E-state index contributed by atoms with van der Waals surface area (Å²) in [5, 5.41) is 6.00. The molecule has 4 aliphatic carbocycles. The molecule has 0 atom stereocenters. The van der Waals surface area contributed by atoms with Crippen molar-refractivity contribution in [2.45, 2.75) is 44.1 Å². The summed E-state index contributed by atoms with van der Waals surface area (Å²) < 4.78 is 26.5. The van der Waals surface area contributed by atoms with Gasteiger partial charge in [-0.2, -0.15) is 0 Å². The van der Waals surface area contributed by atoms with Gasteiger partial charge < -0.3 is 10.6 Å². The first-order valence-electron chi connectivity index (χ1n) is 8.51. The SMILES string of the molecule is O=C(CNC12CC3CC(CC(C3)C1)C2)Nc1ccc(F)cc1F. The first kappa shape index (κ1) is 15.1. The van der Waals surface area contributed by atoms with Gasteiger partial charge in [-0.05, 0) is 68.4 Å². The molecular formula is C18H22F2N2O. The zero-order chi connectivity index (χ0) is 16.0. The van der Waals surface area contributed by atoms with Gasteiger partial charge in [0.05, 0.1) is 12.2 Å². The van der Waals surface area contributed by atoms with Gasteiger partial charge in [-0.25, -0.2) is 8.78 Å². The van der Waals surface area contributed by atoms with Crippen LogP contribution in [0.4, 0.5) is 14.5 Å². The van der Waals surface area contributed by atoms with E-state index < -0.39 is 11.6 Å². The lowest BCUT2D eigenvalue weighted by Crippen LogP contribution is -2.59. The third kappa shape index (κ3) is 2.99. The summed E-state index contributed by atoms with van der Waals surface area (Å²) in [7, 11) is 0. The Labute approximate surface area is 134 Å². The Bertz CT molecular complexity index is 596. The third-order valence-electron chi connectivity index (χ3n) is 5.87. The Morgan fingerprint density at radius 2 is 1.70 bits per heavy atom. The predicted octanol–water partition coefficient (Wildman–Crippen LogP) is 3.46. The molecule has 0 unspecified atom stereocenters. The minimum Gasteiger partial charge on any atom is -0.322 e. The molecule has 0 saturated heterocycles. The number of hydrogen-bond acceptors (Lipinski definition) is 2. The molecule has 4 bridgehead atoms. The second-order valence-corrected chi connectivity index (χ2v) is 7.72. The van der Waals surface area contributed by atoms with Crippen LogP contribution in [0, 0.1) is 29.4 Å². The summed E-state index contributed by atoms with van der Waals surface area (Å²) >= 11 is 0. The maximum Gasteiger partial charge on any atom is 0.238 e. The highest BCUT2D eigenvalue weighted by Crippen LogP contribution is 2.55. The third-order valence-corrected chi connectivity index (χ3v) is 5.87. The van der Waals surface area contributed by atoms with Gasteiger partial charge in [0.1, 0.15) is 11.6 Å². The molecule has 1 aromatic carbocycles. The Kier molecular flexibility index (Phi) is 3.63. The molecule has 2 N–H and O–H groups in total. The maximum atomic E-state index is 13.6. The van der Waals surface area contributed by atoms with Crippen LogP contribution in [0.15, 0.2) is 18.2 Å². The largest absolute Gasteiger partial charge is 0.322 e. The van der Waals surface area contributed by atoms with Crippen LogP contribution in [0.5, 0.6) is 0 Å². The van der Waals surface area contributed by atoms with Crippen molar-refractivity contribution in [2.24, 2.45) is 17.8 Å². The first-order chi connectivity index (χ1) is 11.0. The molecule has 1 amide bonds. The number of amides is 1. The lowest BCUT2D eigenvalue weighted by Gasteiger charge is -2.57. The van der Waals surface area contributed by atoms with Gasteiger partial charge in [0.25, 0.3) is 0 Å². The maximum absolute atomic E-state index is 13.6. The Hall–Kier alpha value is -1.49. The van der Waals surface area contributed by atoms with Crippen LogP contribution >= 0.6 is 0 Å². The normalized spacial score (nSPS) is 34.6. The summed E-state index contributed by atoms with van der Waals surface area (Å²) in [5.74, 6) is 0.774. The monoisotopic (exact) mass is 320 g/mol. The van der Waals surface area contributed by atoms with Gasteiger partial charge in [-0.1, -0.05) is 0 Å². The van der Waals surface area contributed by atoms with Gasteiger partial charge in [0.2, 0.25) is 5.91 Å². The summed E-state index contributed by atoms with van der Waals surface area (Å²) in [6, 6.07) is 3.18. The van der Waals surface area contributed by atoms with Crippen LogP contribution in [0.25, 0.3) is 0 Å². The zero-order valence-corrected chi connectivity index (χ0v) is 13.1. The number of halogens is 2. The molecule has 5 heteroatoms. The first-order valence-corrected chi connectivity index (χ1v) is 8.51. The van der Waals surface area contributed by atoms with E-state index in [4.69, 9.17) is 0 Å². The van der Waals surface area contributed by atoms with Crippen molar-refractivity contribution < 1.29 is 13.6 Å². The predicted molar refractivity (Wildman–Crippen MR) is 83.9 cm³/mol. The van der Waals surface area contributed by atoms with Crippen molar-refractivity contribution in [1.82, 2.24) is 5.32 Å². The van der Waals surface area contributed by atoms with Crippen molar-refractivity contribution in [3.63, 3.8) is 0 Å². The number of rotatable bonds is 4. The van der Waals surface area contributed by atoms with Gasteiger partial charge in [-0.15, -0.1) is 0 Å². The average Bonchev–Trinajstić information content (AvgIpc) is 2.47. The highest BCUT2D eigenvalue weighted by atomic mass is 19.1. The molecule has 0 heterocycles. The Balaban J connectivity index is 1.36. The minimum absolute atomic E-state index is 0.0312. The second kappa shape index (κ2) is 5.55. The molecule has 4 saturated carbocycles. The van der Waals surface area contributed by atoms with Crippen LogP contribution in [-0.4, -0.2) is 18.0 Å². The van der Waals surface area contributed by atoms with Gasteiger partial charge in [-0.3, -0.25) is 4.79 Å². The summed E-state index contributed by atoms with van der Waals surface area (Å²) in [4.78, 5) is 12.1. The fourth-order valence-electron chi connectivity index (χ4n) is 5.38. The van der Waals surface area contributed by atoms with Crippen LogP contribution < -0.4 is 10.6 Å². The van der Waals surface area contributed by atoms with E-state index in [0.717, 1.165) is 49.1 Å². The Morgan fingerprint density at radius 1 is 1.09 bits per heavy atom. The standard InChI is InChI=1S/C18H22F2N2O/c19-14-1-2-16(15(20)6-14)22-17(23)10-21-18-7-11-3-12(8-18)5-13(4-11)9-18/h1-2,6,11-13,21H,3-5,7-10H2,(H,22,23). The fraction of sp³-hybridized carbons (Fsp3) is 0.611. The van der Waals surface area contributed by atoms with E-state index in [9.17, 15) is 13.6 Å². The van der Waals surface area contributed by atoms with E-state index in [1.807, 2.05) is 0 Å². The summed E-state index contributed by atoms with van der Waals surface area (Å²) in [5.41, 5.74) is 0.136. The lowest BCUT2D eigenvalue weighted by atomic mass is 9.53. The topological polar surface area (TPSA) is 41.1 Å². The van der Waals surface area contributed by atoms with Crippen LogP contribution in [0.3, 0.4) is 0 Å². The highest BCUT2D eigenvalue weighted by molar-refractivity contribution is 5.92. The quantitative estimate of drug-likeness (QED) is 0.892. The lowest BCUT2D eigenvalue weighted by molar-refractivity contribution is -0.116. The molecule has 23 heavy (non-hydrogen) atoms. The number of carbonyl (C=O) groups is 1. The molecule has 4 fully saturated rings. The molecule has 4 aliphatic rings. The van der Waals surface area contributed by atoms with Crippen molar-refractivity contribution in [3.8, 4) is 0 Å². The van der Waals surface area contributed by atoms with E-state index in [-0.39, 0.29) is 23.7 Å². The molecule has 5 rings (SSSR count). The zero-order valence-electron chi connectivity index (χ0n) is 13.1. The highest BCUT2D eigenvalue weighted by Gasteiger charge is 2.50. The average molecular weight is 320 g/mol. The van der Waals surface area contributed by atoms with E-state index in [1.54, 1.807) is 0 Å². The number of nitrogens with one attached hydrogen (secondary N) is 2. The summed E-state index contributed by atoms with van der Waals surface area (Å²) in [6.07, 6.45) is 7.56. The molecule has 3 nitrogen and oxygen atoms in total. The molecule has 1 aromatic rings. The number of hydrogen-bond donors (Lipinski definition) is 2. The van der Waals surface area contributed by atoms with Crippen molar-refractivity contribution in [1.29, 1.82) is 0 Å². The second-order valence-electron chi connectivity index (χ2n) is 7.72.